The topological polar surface area (TPSA) is 43.4 Å². The highest BCUT2D eigenvalue weighted by molar-refractivity contribution is 5.61. The maximum absolute atomic E-state index is 6.09. The summed E-state index contributed by atoms with van der Waals surface area (Å²) in [6, 6.07) is 11.7. The predicted molar refractivity (Wildman–Crippen MR) is 83.4 cm³/mol. The number of hydrogen-bond donors (Lipinski definition) is 1. The van der Waals surface area contributed by atoms with E-state index in [1.807, 2.05) is 36.4 Å². The first-order valence-corrected chi connectivity index (χ1v) is 7.38. The van der Waals surface area contributed by atoms with Gasteiger partial charge >= 0.3 is 0 Å². The summed E-state index contributed by atoms with van der Waals surface area (Å²) >= 11 is 0. The van der Waals surface area contributed by atoms with Gasteiger partial charge in [-0.1, -0.05) is 6.07 Å². The van der Waals surface area contributed by atoms with Gasteiger partial charge in [-0.25, -0.2) is 4.98 Å². The molecule has 0 saturated heterocycles. The van der Waals surface area contributed by atoms with Gasteiger partial charge in [-0.2, -0.15) is 0 Å². The van der Waals surface area contributed by atoms with Crippen LogP contribution < -0.4 is 14.8 Å². The molecule has 4 heteroatoms. The van der Waals surface area contributed by atoms with E-state index in [0.29, 0.717) is 6.10 Å². The molecule has 1 aromatic heterocycles. The molecule has 1 aliphatic rings. The molecule has 0 radical (unpaired) electrons. The molecule has 0 atom stereocenters. The first-order valence-electron chi connectivity index (χ1n) is 7.38. The standard InChI is InChI=1S/C17H20N2O2/c1-20-15-10-9-13(19-17-8-4-5-11-18-17)12-16(15)21-14-6-2-3-7-14/h4-5,8-12,14H,2-3,6-7H2,1H3,(H,18,19). The van der Waals surface area contributed by atoms with Crippen molar-refractivity contribution in [1.82, 2.24) is 4.98 Å². The lowest BCUT2D eigenvalue weighted by atomic mass is 10.2. The van der Waals surface area contributed by atoms with Crippen LogP contribution in [0.15, 0.2) is 42.6 Å². The highest BCUT2D eigenvalue weighted by atomic mass is 16.5. The summed E-state index contributed by atoms with van der Waals surface area (Å²) in [7, 11) is 1.67. The Morgan fingerprint density at radius 1 is 1.10 bits per heavy atom. The van der Waals surface area contributed by atoms with E-state index in [2.05, 4.69) is 10.3 Å². The van der Waals surface area contributed by atoms with E-state index < -0.39 is 0 Å². The van der Waals surface area contributed by atoms with Crippen molar-refractivity contribution in [2.24, 2.45) is 0 Å². The zero-order chi connectivity index (χ0) is 14.5. The molecule has 1 N–H and O–H groups in total. The number of aromatic nitrogens is 1. The van der Waals surface area contributed by atoms with Gasteiger partial charge in [0.15, 0.2) is 11.5 Å². The zero-order valence-electron chi connectivity index (χ0n) is 12.2. The number of pyridine rings is 1. The minimum atomic E-state index is 0.309. The van der Waals surface area contributed by atoms with Crippen LogP contribution in [0.1, 0.15) is 25.7 Å². The largest absolute Gasteiger partial charge is 0.493 e. The van der Waals surface area contributed by atoms with Gasteiger partial charge in [-0.05, 0) is 49.9 Å². The second-order valence-corrected chi connectivity index (χ2v) is 5.23. The summed E-state index contributed by atoms with van der Waals surface area (Å²) in [5.74, 6) is 2.38. The van der Waals surface area contributed by atoms with Gasteiger partial charge in [0, 0.05) is 18.0 Å². The molecule has 1 aliphatic carbocycles. The molecule has 4 nitrogen and oxygen atoms in total. The van der Waals surface area contributed by atoms with Crippen LogP contribution in [0, 0.1) is 0 Å². The maximum Gasteiger partial charge on any atom is 0.163 e. The molecule has 0 amide bonds. The predicted octanol–water partition coefficient (Wildman–Crippen LogP) is 4.16. The zero-order valence-corrected chi connectivity index (χ0v) is 12.2. The summed E-state index contributed by atoms with van der Waals surface area (Å²) < 4.78 is 11.5. The molecule has 0 bridgehead atoms. The number of anilines is 2. The average molecular weight is 284 g/mol. The van der Waals surface area contributed by atoms with E-state index in [1.165, 1.54) is 12.8 Å². The van der Waals surface area contributed by atoms with Crippen LogP contribution in [0.2, 0.25) is 0 Å². The monoisotopic (exact) mass is 284 g/mol. The van der Waals surface area contributed by atoms with Gasteiger partial charge in [0.2, 0.25) is 0 Å². The third kappa shape index (κ3) is 3.45. The molecular weight excluding hydrogens is 264 g/mol. The Kier molecular flexibility index (Phi) is 4.24. The van der Waals surface area contributed by atoms with Gasteiger partial charge in [-0.15, -0.1) is 0 Å². The molecule has 1 heterocycles. The Balaban J connectivity index is 1.78. The molecular formula is C17H20N2O2. The van der Waals surface area contributed by atoms with Crippen molar-refractivity contribution >= 4 is 11.5 Å². The molecule has 21 heavy (non-hydrogen) atoms. The van der Waals surface area contributed by atoms with E-state index >= 15 is 0 Å². The Bertz CT molecular complexity index is 581. The van der Waals surface area contributed by atoms with Crippen LogP contribution in [-0.2, 0) is 0 Å². The Hall–Kier alpha value is -2.23. The van der Waals surface area contributed by atoms with Crippen molar-refractivity contribution in [3.05, 3.63) is 42.6 Å². The molecule has 1 fully saturated rings. The number of ether oxygens (including phenoxy) is 2. The van der Waals surface area contributed by atoms with E-state index in [1.54, 1.807) is 13.3 Å². The molecule has 1 aromatic carbocycles. The van der Waals surface area contributed by atoms with E-state index in [9.17, 15) is 0 Å². The van der Waals surface area contributed by atoms with Crippen molar-refractivity contribution in [2.45, 2.75) is 31.8 Å². The first-order chi connectivity index (χ1) is 10.3. The second kappa shape index (κ2) is 6.48. The van der Waals surface area contributed by atoms with Crippen molar-refractivity contribution in [3.8, 4) is 11.5 Å². The quantitative estimate of drug-likeness (QED) is 0.895. The van der Waals surface area contributed by atoms with Gasteiger partial charge in [0.25, 0.3) is 0 Å². The van der Waals surface area contributed by atoms with Gasteiger partial charge in [-0.3, -0.25) is 0 Å². The third-order valence-electron chi connectivity index (χ3n) is 3.70. The van der Waals surface area contributed by atoms with Crippen LogP contribution in [0.5, 0.6) is 11.5 Å². The van der Waals surface area contributed by atoms with Crippen LogP contribution in [0.3, 0.4) is 0 Å². The fourth-order valence-electron chi connectivity index (χ4n) is 2.62. The van der Waals surface area contributed by atoms with Crippen molar-refractivity contribution < 1.29 is 9.47 Å². The lowest BCUT2D eigenvalue weighted by Gasteiger charge is -2.17. The number of methoxy groups -OCH3 is 1. The first kappa shape index (κ1) is 13.7. The van der Waals surface area contributed by atoms with E-state index in [4.69, 9.17) is 9.47 Å². The molecule has 2 aromatic rings. The number of benzene rings is 1. The second-order valence-electron chi connectivity index (χ2n) is 5.23. The van der Waals surface area contributed by atoms with Gasteiger partial charge in [0.1, 0.15) is 5.82 Å². The van der Waals surface area contributed by atoms with E-state index in [0.717, 1.165) is 35.8 Å². The highest BCUT2D eigenvalue weighted by Crippen LogP contribution is 2.34. The summed E-state index contributed by atoms with van der Waals surface area (Å²) in [5, 5.41) is 3.27. The maximum atomic E-state index is 6.09. The summed E-state index contributed by atoms with van der Waals surface area (Å²) in [6.07, 6.45) is 6.82. The van der Waals surface area contributed by atoms with Crippen LogP contribution in [-0.4, -0.2) is 18.2 Å². The van der Waals surface area contributed by atoms with Crippen molar-refractivity contribution in [1.29, 1.82) is 0 Å². The number of nitrogens with one attached hydrogen (secondary N) is 1. The average Bonchev–Trinajstić information content (AvgIpc) is 3.02. The molecule has 0 unspecified atom stereocenters. The molecule has 1 saturated carbocycles. The fourth-order valence-corrected chi connectivity index (χ4v) is 2.62. The molecule has 0 spiro atoms. The van der Waals surface area contributed by atoms with E-state index in [-0.39, 0.29) is 0 Å². The molecule has 110 valence electrons. The number of rotatable bonds is 5. The lowest BCUT2D eigenvalue weighted by Crippen LogP contribution is -2.11. The SMILES string of the molecule is COc1ccc(Nc2ccccn2)cc1OC1CCCC1. The Morgan fingerprint density at radius 3 is 2.67 bits per heavy atom. The number of nitrogens with zero attached hydrogens (tertiary/aromatic N) is 1. The minimum absolute atomic E-state index is 0.309. The third-order valence-corrected chi connectivity index (χ3v) is 3.70. The highest BCUT2D eigenvalue weighted by Gasteiger charge is 2.18. The Labute approximate surface area is 125 Å². The Morgan fingerprint density at radius 2 is 1.95 bits per heavy atom. The van der Waals surface area contributed by atoms with Gasteiger partial charge < -0.3 is 14.8 Å². The van der Waals surface area contributed by atoms with Crippen LogP contribution in [0.25, 0.3) is 0 Å². The molecule has 0 aliphatic heterocycles. The number of hydrogen-bond acceptors (Lipinski definition) is 4. The van der Waals surface area contributed by atoms with Crippen LogP contribution >= 0.6 is 0 Å². The van der Waals surface area contributed by atoms with Gasteiger partial charge in [0.05, 0.1) is 13.2 Å². The lowest BCUT2D eigenvalue weighted by molar-refractivity contribution is 0.201. The van der Waals surface area contributed by atoms with Crippen LogP contribution in [0.4, 0.5) is 11.5 Å². The summed E-state index contributed by atoms with van der Waals surface area (Å²) in [6.45, 7) is 0. The van der Waals surface area contributed by atoms with Crippen molar-refractivity contribution in [2.75, 3.05) is 12.4 Å². The molecule has 3 rings (SSSR count). The normalized spacial score (nSPS) is 14.9. The summed E-state index contributed by atoms with van der Waals surface area (Å²) in [4.78, 5) is 4.27. The minimum Gasteiger partial charge on any atom is -0.493 e. The van der Waals surface area contributed by atoms with Crippen molar-refractivity contribution in [3.63, 3.8) is 0 Å². The fraction of sp³-hybridized carbons (Fsp3) is 0.353. The summed E-state index contributed by atoms with van der Waals surface area (Å²) in [5.41, 5.74) is 0.947. The smallest absolute Gasteiger partial charge is 0.163 e.